The molecule has 0 aromatic carbocycles. The maximum Gasteiger partial charge on any atom is 0.305 e. The summed E-state index contributed by atoms with van der Waals surface area (Å²) in [7, 11) is 0. The van der Waals surface area contributed by atoms with E-state index in [1.807, 2.05) is 6.92 Å². The quantitative estimate of drug-likeness (QED) is 0.322. The van der Waals surface area contributed by atoms with E-state index < -0.39 is 17.7 Å². The second kappa shape index (κ2) is 11.5. The lowest BCUT2D eigenvalue weighted by Gasteiger charge is -2.53. The smallest absolute Gasteiger partial charge is 0.305 e. The number of aliphatic hydroxyl groups is 2. The molecule has 3 N–H and O–H groups in total. The average molecular weight is 453 g/mol. The van der Waals surface area contributed by atoms with Gasteiger partial charge in [0.25, 0.3) is 0 Å². The van der Waals surface area contributed by atoms with E-state index in [0.717, 1.165) is 31.5 Å². The predicted octanol–water partition coefficient (Wildman–Crippen LogP) is 5.46. The number of rotatable bonds is 13. The van der Waals surface area contributed by atoms with Gasteiger partial charge in [0.15, 0.2) is 0 Å². The molecule has 0 radical (unpaired) electrons. The second-order valence-corrected chi connectivity index (χ2v) is 12.0. The second-order valence-electron chi connectivity index (χ2n) is 12.0. The molecular formula is C27H48O5. The lowest BCUT2D eigenvalue weighted by Crippen LogP contribution is -2.50. The van der Waals surface area contributed by atoms with Crippen molar-refractivity contribution in [2.75, 3.05) is 0 Å². The molecule has 2 saturated carbocycles. The summed E-state index contributed by atoms with van der Waals surface area (Å²) in [5.74, 6) is 1.70. The predicted molar refractivity (Wildman–Crippen MR) is 127 cm³/mol. The number of aldehydes is 1. The first kappa shape index (κ1) is 27.3. The molecule has 2 rings (SSSR count). The van der Waals surface area contributed by atoms with Crippen molar-refractivity contribution < 1.29 is 24.9 Å². The number of carboxylic acids is 1. The molecule has 0 aromatic rings. The minimum absolute atomic E-state index is 0.0119. The molecule has 0 amide bonds. The van der Waals surface area contributed by atoms with Gasteiger partial charge in [-0.2, -0.15) is 0 Å². The molecule has 5 nitrogen and oxygen atoms in total. The number of carbonyl (C=O) groups excluding carboxylic acids is 1. The number of fused-ring (bicyclic) bond motifs is 1. The van der Waals surface area contributed by atoms with Crippen LogP contribution in [0.2, 0.25) is 0 Å². The fourth-order valence-electron chi connectivity index (χ4n) is 7.47. The highest BCUT2D eigenvalue weighted by Crippen LogP contribution is 2.63. The lowest BCUT2D eigenvalue weighted by atomic mass is 9.53. The Balaban J connectivity index is 2.10. The van der Waals surface area contributed by atoms with Crippen molar-refractivity contribution in [1.29, 1.82) is 0 Å². The topological polar surface area (TPSA) is 94.8 Å². The van der Waals surface area contributed by atoms with Crippen molar-refractivity contribution >= 4 is 12.3 Å². The molecule has 186 valence electrons. The lowest BCUT2D eigenvalue weighted by molar-refractivity contribution is -0.140. The molecule has 0 bridgehead atoms. The van der Waals surface area contributed by atoms with E-state index in [4.69, 9.17) is 5.11 Å². The van der Waals surface area contributed by atoms with E-state index in [0.29, 0.717) is 30.6 Å². The molecule has 0 aromatic heterocycles. The maximum absolute atomic E-state index is 11.7. The molecule has 0 spiro atoms. The van der Waals surface area contributed by atoms with Gasteiger partial charge in [0.05, 0.1) is 18.1 Å². The molecule has 32 heavy (non-hydrogen) atoms. The van der Waals surface area contributed by atoms with E-state index in [-0.39, 0.29) is 30.1 Å². The Bertz CT molecular complexity index is 615. The normalized spacial score (nSPS) is 34.0. The molecule has 8 atom stereocenters. The summed E-state index contributed by atoms with van der Waals surface area (Å²) in [6, 6.07) is 0. The molecule has 0 heterocycles. The van der Waals surface area contributed by atoms with Gasteiger partial charge in [-0.25, -0.2) is 0 Å². The van der Waals surface area contributed by atoms with Crippen molar-refractivity contribution in [3.63, 3.8) is 0 Å². The Morgan fingerprint density at radius 2 is 1.84 bits per heavy atom. The van der Waals surface area contributed by atoms with Crippen LogP contribution in [0.1, 0.15) is 105 Å². The number of carbonyl (C=O) groups is 2. The highest BCUT2D eigenvalue weighted by Gasteiger charge is 2.57. The number of aliphatic carboxylic acids is 1. The number of carboxylic acid groups (broad SMARTS) is 1. The van der Waals surface area contributed by atoms with Gasteiger partial charge >= 0.3 is 5.97 Å². The summed E-state index contributed by atoms with van der Waals surface area (Å²) >= 11 is 0. The summed E-state index contributed by atoms with van der Waals surface area (Å²) in [6.45, 7) is 11.3. The van der Waals surface area contributed by atoms with Crippen molar-refractivity contribution in [1.82, 2.24) is 0 Å². The zero-order valence-electron chi connectivity index (χ0n) is 21.1. The summed E-state index contributed by atoms with van der Waals surface area (Å²) in [6.07, 6.45) is 9.03. The Hall–Kier alpha value is -0.940. The van der Waals surface area contributed by atoms with Crippen LogP contribution in [0.4, 0.5) is 0 Å². The minimum atomic E-state index is -1.02. The first-order valence-electron chi connectivity index (χ1n) is 13.0. The van der Waals surface area contributed by atoms with Crippen LogP contribution in [0.5, 0.6) is 0 Å². The van der Waals surface area contributed by atoms with E-state index >= 15 is 0 Å². The van der Waals surface area contributed by atoms with E-state index in [1.165, 1.54) is 25.7 Å². The highest BCUT2D eigenvalue weighted by atomic mass is 16.4. The zero-order valence-corrected chi connectivity index (χ0v) is 21.1. The third-order valence-corrected chi connectivity index (χ3v) is 9.20. The summed E-state index contributed by atoms with van der Waals surface area (Å²) < 4.78 is 0. The zero-order chi connectivity index (χ0) is 24.1. The summed E-state index contributed by atoms with van der Waals surface area (Å²) in [5, 5.41) is 30.3. The molecule has 0 saturated heterocycles. The Morgan fingerprint density at radius 3 is 2.44 bits per heavy atom. The van der Waals surface area contributed by atoms with Crippen LogP contribution in [0, 0.1) is 40.9 Å². The number of aliphatic hydroxyl groups excluding tert-OH is 1. The Kier molecular flexibility index (Phi) is 9.78. The largest absolute Gasteiger partial charge is 0.481 e. The van der Waals surface area contributed by atoms with Crippen LogP contribution in [-0.2, 0) is 9.59 Å². The van der Waals surface area contributed by atoms with Gasteiger partial charge in [-0.15, -0.1) is 0 Å². The fourth-order valence-corrected chi connectivity index (χ4v) is 7.47. The molecule has 2 fully saturated rings. The molecular weight excluding hydrogens is 404 g/mol. The van der Waals surface area contributed by atoms with Crippen molar-refractivity contribution in [3.8, 4) is 0 Å². The molecule has 0 unspecified atom stereocenters. The monoisotopic (exact) mass is 452 g/mol. The van der Waals surface area contributed by atoms with Crippen LogP contribution in [0.3, 0.4) is 0 Å². The van der Waals surface area contributed by atoms with E-state index in [1.54, 1.807) is 0 Å². The van der Waals surface area contributed by atoms with Crippen molar-refractivity contribution in [2.45, 2.75) is 117 Å². The average Bonchev–Trinajstić information content (AvgIpc) is 3.03. The Morgan fingerprint density at radius 1 is 1.16 bits per heavy atom. The van der Waals surface area contributed by atoms with Gasteiger partial charge in [-0.3, -0.25) is 4.79 Å². The first-order chi connectivity index (χ1) is 14.9. The van der Waals surface area contributed by atoms with Crippen LogP contribution in [-0.4, -0.2) is 39.3 Å². The van der Waals surface area contributed by atoms with Crippen molar-refractivity contribution in [3.05, 3.63) is 0 Å². The van der Waals surface area contributed by atoms with Gasteiger partial charge in [-0.05, 0) is 86.4 Å². The number of hydrogen-bond acceptors (Lipinski definition) is 4. The fraction of sp³-hybridized carbons (Fsp3) is 0.926. The van der Waals surface area contributed by atoms with Gasteiger partial charge in [0, 0.05) is 6.42 Å². The van der Waals surface area contributed by atoms with E-state index in [9.17, 15) is 19.8 Å². The standard InChI is InChI=1S/C27H48O5/c1-18(2)7-6-8-19(3)22-9-10-23-21(13-16-28)24(12-14-26(22,23)4)27(5,32)15-11-20(29)17-25(30)31/h16,18-24,29,32H,6-15,17H2,1-5H3,(H,30,31)/t19-,20+,21+,22-,23+,24+,26-,27-/m1/s1. The summed E-state index contributed by atoms with van der Waals surface area (Å²) in [5.41, 5.74) is -0.782. The number of hydrogen-bond donors (Lipinski definition) is 3. The Labute approximate surface area is 195 Å². The van der Waals surface area contributed by atoms with Crippen LogP contribution >= 0.6 is 0 Å². The molecule has 2 aliphatic rings. The summed E-state index contributed by atoms with van der Waals surface area (Å²) in [4.78, 5) is 22.5. The molecule has 5 heteroatoms. The molecule has 0 aliphatic heterocycles. The molecule has 2 aliphatic carbocycles. The third-order valence-electron chi connectivity index (χ3n) is 9.20. The maximum atomic E-state index is 11.7. The van der Waals surface area contributed by atoms with Gasteiger partial charge in [0.1, 0.15) is 6.29 Å². The van der Waals surface area contributed by atoms with Crippen molar-refractivity contribution in [2.24, 2.45) is 40.9 Å². The first-order valence-corrected chi connectivity index (χ1v) is 13.0. The van der Waals surface area contributed by atoms with Crippen LogP contribution < -0.4 is 0 Å². The minimum Gasteiger partial charge on any atom is -0.481 e. The third kappa shape index (κ3) is 6.56. The SMILES string of the molecule is CC(C)CCC[C@@H](C)[C@H]1CC[C@H]2[C@H](CC=O)[C@@H]([C@](C)(O)CC[C@H](O)CC(=O)O)CC[C@]12C. The van der Waals surface area contributed by atoms with Gasteiger partial charge < -0.3 is 20.1 Å². The highest BCUT2D eigenvalue weighted by molar-refractivity contribution is 5.67. The van der Waals surface area contributed by atoms with Gasteiger partial charge in [-0.1, -0.05) is 47.0 Å². The van der Waals surface area contributed by atoms with Crippen LogP contribution in [0.25, 0.3) is 0 Å². The van der Waals surface area contributed by atoms with Crippen LogP contribution in [0.15, 0.2) is 0 Å². The van der Waals surface area contributed by atoms with Gasteiger partial charge in [0.2, 0.25) is 0 Å². The van der Waals surface area contributed by atoms with E-state index in [2.05, 4.69) is 27.7 Å².